The Hall–Kier alpha value is -4.76. The highest BCUT2D eigenvalue weighted by atomic mass is 16.3. The normalized spacial score (nSPS) is 16.6. The summed E-state index contributed by atoms with van der Waals surface area (Å²) in [5.74, 6) is -1.55. The zero-order valence-electron chi connectivity index (χ0n) is 20.7. The highest BCUT2D eigenvalue weighted by Crippen LogP contribution is 2.28. The number of hydrogen-bond acceptors (Lipinski definition) is 5. The first kappa shape index (κ1) is 24.9. The molecule has 1 aliphatic heterocycles. The summed E-state index contributed by atoms with van der Waals surface area (Å²) in [5, 5.41) is 13.3. The molecule has 0 saturated carbocycles. The standard InChI is InChI=1S/C29H27N5O4/c1-17(18-7-9-22(10-8-18)34-12-11-25(35)29(34)38)28(37)33-21-14-24-20(15-31-27(24)32-16-21)13-23(26(30)36)19-5-3-2-4-6-19/h2-10,13-17,25,35H,11-12H2,1H3,(H2,30,36)(H,31,32)(H,33,37)/b23-13+. The Balaban J connectivity index is 1.34. The zero-order chi connectivity index (χ0) is 26.8. The predicted octanol–water partition coefficient (Wildman–Crippen LogP) is 3.43. The van der Waals surface area contributed by atoms with Gasteiger partial charge in [-0.2, -0.15) is 0 Å². The molecule has 2 atom stereocenters. The highest BCUT2D eigenvalue weighted by molar-refractivity contribution is 6.24. The minimum absolute atomic E-state index is 0.221. The molecule has 2 unspecified atom stereocenters. The van der Waals surface area contributed by atoms with Crippen molar-refractivity contribution >= 4 is 51.8 Å². The van der Waals surface area contributed by atoms with Gasteiger partial charge in [-0.05, 0) is 42.3 Å². The van der Waals surface area contributed by atoms with Gasteiger partial charge in [0.2, 0.25) is 11.8 Å². The summed E-state index contributed by atoms with van der Waals surface area (Å²) in [6.45, 7) is 2.26. The topological polar surface area (TPSA) is 141 Å². The number of nitrogens with one attached hydrogen (secondary N) is 2. The van der Waals surface area contributed by atoms with Gasteiger partial charge in [0, 0.05) is 41.4 Å². The Labute approximate surface area is 219 Å². The summed E-state index contributed by atoms with van der Waals surface area (Å²) in [6.07, 6.45) is 4.46. The Morgan fingerprint density at radius 3 is 2.58 bits per heavy atom. The lowest BCUT2D eigenvalue weighted by Gasteiger charge is -2.18. The first-order valence-corrected chi connectivity index (χ1v) is 12.3. The van der Waals surface area contributed by atoms with E-state index in [2.05, 4.69) is 15.3 Å². The maximum Gasteiger partial charge on any atom is 0.255 e. The van der Waals surface area contributed by atoms with Gasteiger partial charge in [-0.25, -0.2) is 4.98 Å². The second-order valence-corrected chi connectivity index (χ2v) is 9.25. The summed E-state index contributed by atoms with van der Waals surface area (Å²) in [5.41, 5.74) is 10.0. The molecular weight excluding hydrogens is 482 g/mol. The fourth-order valence-corrected chi connectivity index (χ4v) is 4.55. The number of rotatable bonds is 7. The Kier molecular flexibility index (Phi) is 6.76. The van der Waals surface area contributed by atoms with Gasteiger partial charge in [0.25, 0.3) is 5.91 Å². The first-order chi connectivity index (χ1) is 18.3. The van der Waals surface area contributed by atoms with Crippen molar-refractivity contribution in [3.63, 3.8) is 0 Å². The smallest absolute Gasteiger partial charge is 0.255 e. The largest absolute Gasteiger partial charge is 0.383 e. The number of nitrogens with zero attached hydrogens (tertiary/aromatic N) is 2. The lowest BCUT2D eigenvalue weighted by Crippen LogP contribution is -2.29. The molecule has 0 bridgehead atoms. The molecule has 0 aliphatic carbocycles. The lowest BCUT2D eigenvalue weighted by molar-refractivity contribution is -0.124. The maximum atomic E-state index is 13.0. The van der Waals surface area contributed by atoms with Crippen molar-refractivity contribution in [3.8, 4) is 0 Å². The molecule has 1 fully saturated rings. The number of primary amides is 1. The van der Waals surface area contributed by atoms with E-state index in [1.165, 1.54) is 0 Å². The van der Waals surface area contributed by atoms with Gasteiger partial charge >= 0.3 is 0 Å². The number of H-pyrrole nitrogens is 1. The fourth-order valence-electron chi connectivity index (χ4n) is 4.55. The number of aromatic nitrogens is 2. The maximum absolute atomic E-state index is 13.0. The van der Waals surface area contributed by atoms with Crippen molar-refractivity contribution in [1.82, 2.24) is 9.97 Å². The number of carbonyl (C=O) groups excluding carboxylic acids is 3. The summed E-state index contributed by atoms with van der Waals surface area (Å²) in [7, 11) is 0. The zero-order valence-corrected chi connectivity index (χ0v) is 20.7. The second-order valence-electron chi connectivity index (χ2n) is 9.25. The molecular formula is C29H27N5O4. The molecule has 3 heterocycles. The van der Waals surface area contributed by atoms with Crippen LogP contribution >= 0.6 is 0 Å². The van der Waals surface area contributed by atoms with Gasteiger partial charge in [0.15, 0.2) is 0 Å². The van der Waals surface area contributed by atoms with Crippen LogP contribution in [0.5, 0.6) is 0 Å². The molecule has 2 aromatic carbocycles. The van der Waals surface area contributed by atoms with Crippen molar-refractivity contribution < 1.29 is 19.5 Å². The minimum Gasteiger partial charge on any atom is -0.383 e. The number of benzene rings is 2. The number of hydrogen-bond donors (Lipinski definition) is 4. The van der Waals surface area contributed by atoms with E-state index in [0.717, 1.165) is 10.9 Å². The average molecular weight is 510 g/mol. The van der Waals surface area contributed by atoms with Crippen LogP contribution in [-0.2, 0) is 14.4 Å². The third kappa shape index (κ3) is 4.91. The molecule has 1 aliphatic rings. The molecule has 3 amide bonds. The average Bonchev–Trinajstić information content (AvgIpc) is 3.49. The number of aliphatic hydroxyl groups excluding tert-OH is 1. The van der Waals surface area contributed by atoms with Crippen LogP contribution in [0.15, 0.2) is 73.1 Å². The number of fused-ring (bicyclic) bond motifs is 1. The van der Waals surface area contributed by atoms with Gasteiger partial charge in [-0.3, -0.25) is 14.4 Å². The molecule has 0 spiro atoms. The van der Waals surface area contributed by atoms with Gasteiger partial charge in [-0.15, -0.1) is 0 Å². The third-order valence-corrected chi connectivity index (χ3v) is 6.76. The summed E-state index contributed by atoms with van der Waals surface area (Å²) in [4.78, 5) is 46.3. The quantitative estimate of drug-likeness (QED) is 0.283. The van der Waals surface area contributed by atoms with Gasteiger partial charge < -0.3 is 26.0 Å². The van der Waals surface area contributed by atoms with Crippen LogP contribution in [0.25, 0.3) is 22.7 Å². The van der Waals surface area contributed by atoms with Crippen molar-refractivity contribution in [2.24, 2.45) is 5.73 Å². The lowest BCUT2D eigenvalue weighted by atomic mass is 9.99. The van der Waals surface area contributed by atoms with Crippen LogP contribution in [0.2, 0.25) is 0 Å². The van der Waals surface area contributed by atoms with Crippen molar-refractivity contribution in [1.29, 1.82) is 0 Å². The number of aromatic amines is 1. The van der Waals surface area contributed by atoms with Crippen LogP contribution in [0.3, 0.4) is 0 Å². The van der Waals surface area contributed by atoms with Crippen LogP contribution in [0.4, 0.5) is 11.4 Å². The third-order valence-electron chi connectivity index (χ3n) is 6.76. The number of anilines is 2. The predicted molar refractivity (Wildman–Crippen MR) is 146 cm³/mol. The van der Waals surface area contributed by atoms with E-state index in [9.17, 15) is 19.5 Å². The summed E-state index contributed by atoms with van der Waals surface area (Å²) >= 11 is 0. The van der Waals surface area contributed by atoms with E-state index in [1.54, 1.807) is 48.5 Å². The van der Waals surface area contributed by atoms with E-state index in [0.29, 0.717) is 46.7 Å². The van der Waals surface area contributed by atoms with Gasteiger partial charge in [0.1, 0.15) is 11.8 Å². The SMILES string of the molecule is CC(C(=O)Nc1cnc2[nH]cc(/C=C(/C(N)=O)c3ccccc3)c2c1)c1ccc(N2CCC(O)C2=O)cc1. The Morgan fingerprint density at radius 1 is 1.18 bits per heavy atom. The Bertz CT molecular complexity index is 1540. The summed E-state index contributed by atoms with van der Waals surface area (Å²) in [6, 6.07) is 18.1. The van der Waals surface area contributed by atoms with E-state index in [4.69, 9.17) is 5.73 Å². The molecule has 1 saturated heterocycles. The second kappa shape index (κ2) is 10.3. The molecule has 5 rings (SSSR count). The monoisotopic (exact) mass is 509 g/mol. The number of pyridine rings is 1. The molecule has 9 nitrogen and oxygen atoms in total. The molecule has 192 valence electrons. The van der Waals surface area contributed by atoms with Crippen LogP contribution in [-0.4, -0.2) is 45.4 Å². The molecule has 9 heteroatoms. The minimum atomic E-state index is -0.956. The van der Waals surface area contributed by atoms with Crippen molar-refractivity contribution in [2.75, 3.05) is 16.8 Å². The number of nitrogens with two attached hydrogens (primary N) is 1. The van der Waals surface area contributed by atoms with Crippen LogP contribution < -0.4 is 16.0 Å². The number of aliphatic hydroxyl groups is 1. The van der Waals surface area contributed by atoms with Gasteiger partial charge in [-0.1, -0.05) is 42.5 Å². The molecule has 5 N–H and O–H groups in total. The highest BCUT2D eigenvalue weighted by Gasteiger charge is 2.30. The Morgan fingerprint density at radius 2 is 1.92 bits per heavy atom. The van der Waals surface area contributed by atoms with Gasteiger partial charge in [0.05, 0.1) is 17.8 Å². The van der Waals surface area contributed by atoms with Crippen molar-refractivity contribution in [3.05, 3.63) is 89.7 Å². The van der Waals surface area contributed by atoms with E-state index < -0.39 is 17.9 Å². The molecule has 4 aromatic rings. The molecule has 38 heavy (non-hydrogen) atoms. The van der Waals surface area contributed by atoms with Crippen LogP contribution in [0.1, 0.15) is 36.0 Å². The van der Waals surface area contributed by atoms with E-state index in [1.807, 2.05) is 42.5 Å². The fraction of sp³-hybridized carbons (Fsp3) is 0.172. The first-order valence-electron chi connectivity index (χ1n) is 12.3. The van der Waals surface area contributed by atoms with Crippen molar-refractivity contribution in [2.45, 2.75) is 25.4 Å². The number of carbonyl (C=O) groups is 3. The van der Waals surface area contributed by atoms with Crippen LogP contribution in [0, 0.1) is 0 Å². The number of amides is 3. The molecule has 0 radical (unpaired) electrons. The molecule has 2 aromatic heterocycles. The van der Waals surface area contributed by atoms with E-state index in [-0.39, 0.29) is 11.8 Å². The summed E-state index contributed by atoms with van der Waals surface area (Å²) < 4.78 is 0. The van der Waals surface area contributed by atoms with E-state index >= 15 is 0 Å².